The van der Waals surface area contributed by atoms with Crippen molar-refractivity contribution in [3.05, 3.63) is 35.5 Å². The first-order valence-electron chi connectivity index (χ1n) is 7.96. The van der Waals surface area contributed by atoms with Crippen LogP contribution in [-0.4, -0.2) is 45.9 Å². The van der Waals surface area contributed by atoms with Gasteiger partial charge in [0.1, 0.15) is 0 Å². The minimum absolute atomic E-state index is 0.206. The first-order valence-corrected chi connectivity index (χ1v) is 7.96. The van der Waals surface area contributed by atoms with E-state index in [4.69, 9.17) is 4.52 Å². The van der Waals surface area contributed by atoms with Crippen LogP contribution < -0.4 is 5.32 Å². The van der Waals surface area contributed by atoms with Gasteiger partial charge in [-0.3, -0.25) is 14.4 Å². The number of hydrogen-bond acceptors (Lipinski definition) is 5. The average molecular weight is 317 g/mol. The van der Waals surface area contributed by atoms with Crippen molar-refractivity contribution < 1.29 is 9.32 Å². The molecule has 2 aromatic heterocycles. The highest BCUT2D eigenvalue weighted by Crippen LogP contribution is 2.34. The van der Waals surface area contributed by atoms with Gasteiger partial charge in [0.05, 0.1) is 17.4 Å². The van der Waals surface area contributed by atoms with Crippen LogP contribution in [-0.2, 0) is 7.05 Å². The Kier molecular flexibility index (Phi) is 4.47. The number of likely N-dealkylation sites (tertiary alicyclic amines) is 1. The maximum absolute atomic E-state index is 12.2. The SMILES string of the molecule is Cc1cc(C(=O)NC[C@@H]2CCCN(C)[C@H]2c2ccnn2C)on1. The Labute approximate surface area is 135 Å². The molecule has 124 valence electrons. The van der Waals surface area contributed by atoms with Gasteiger partial charge in [0, 0.05) is 25.9 Å². The summed E-state index contributed by atoms with van der Waals surface area (Å²) in [6.07, 6.45) is 4.04. The summed E-state index contributed by atoms with van der Waals surface area (Å²) in [5.74, 6) is 0.406. The molecular weight excluding hydrogens is 294 g/mol. The van der Waals surface area contributed by atoms with Gasteiger partial charge in [-0.25, -0.2) is 0 Å². The van der Waals surface area contributed by atoms with E-state index in [0.717, 1.165) is 19.4 Å². The largest absolute Gasteiger partial charge is 0.351 e. The number of carbonyl (C=O) groups is 1. The average Bonchev–Trinajstić information content (AvgIpc) is 3.13. The minimum Gasteiger partial charge on any atom is -0.351 e. The summed E-state index contributed by atoms with van der Waals surface area (Å²) < 4.78 is 6.94. The first-order chi connectivity index (χ1) is 11.1. The van der Waals surface area contributed by atoms with Gasteiger partial charge in [-0.05, 0) is 45.3 Å². The summed E-state index contributed by atoms with van der Waals surface area (Å²) in [6.45, 7) is 3.47. The summed E-state index contributed by atoms with van der Waals surface area (Å²) in [4.78, 5) is 14.5. The van der Waals surface area contributed by atoms with E-state index >= 15 is 0 Å². The van der Waals surface area contributed by atoms with E-state index in [1.807, 2.05) is 17.9 Å². The zero-order chi connectivity index (χ0) is 16.4. The summed E-state index contributed by atoms with van der Waals surface area (Å²) >= 11 is 0. The topological polar surface area (TPSA) is 76.2 Å². The monoisotopic (exact) mass is 317 g/mol. The molecule has 0 bridgehead atoms. The minimum atomic E-state index is -0.206. The van der Waals surface area contributed by atoms with Crippen molar-refractivity contribution in [2.24, 2.45) is 13.0 Å². The second-order valence-corrected chi connectivity index (χ2v) is 6.25. The van der Waals surface area contributed by atoms with Crippen molar-refractivity contribution in [3.8, 4) is 0 Å². The van der Waals surface area contributed by atoms with Crippen molar-refractivity contribution in [2.45, 2.75) is 25.8 Å². The number of nitrogens with zero attached hydrogens (tertiary/aromatic N) is 4. The van der Waals surface area contributed by atoms with E-state index in [9.17, 15) is 4.79 Å². The predicted molar refractivity (Wildman–Crippen MR) is 84.9 cm³/mol. The zero-order valence-electron chi connectivity index (χ0n) is 13.8. The van der Waals surface area contributed by atoms with Gasteiger partial charge < -0.3 is 9.84 Å². The van der Waals surface area contributed by atoms with E-state index in [1.54, 1.807) is 13.0 Å². The molecule has 7 nitrogen and oxygen atoms in total. The molecule has 3 heterocycles. The Hall–Kier alpha value is -2.15. The molecule has 1 aliphatic rings. The van der Waals surface area contributed by atoms with Crippen molar-refractivity contribution >= 4 is 5.91 Å². The van der Waals surface area contributed by atoms with Crippen LogP contribution in [0.4, 0.5) is 0 Å². The van der Waals surface area contributed by atoms with Crippen LogP contribution in [0.2, 0.25) is 0 Å². The number of rotatable bonds is 4. The molecule has 1 fully saturated rings. The van der Waals surface area contributed by atoms with Gasteiger partial charge in [0.2, 0.25) is 5.76 Å². The van der Waals surface area contributed by atoms with Gasteiger partial charge in [0.25, 0.3) is 5.91 Å². The van der Waals surface area contributed by atoms with E-state index < -0.39 is 0 Å². The van der Waals surface area contributed by atoms with Crippen molar-refractivity contribution in [2.75, 3.05) is 20.1 Å². The fraction of sp³-hybridized carbons (Fsp3) is 0.562. The fourth-order valence-electron chi connectivity index (χ4n) is 3.40. The lowest BCUT2D eigenvalue weighted by Gasteiger charge is -2.39. The molecule has 3 rings (SSSR count). The highest BCUT2D eigenvalue weighted by Gasteiger charge is 2.32. The number of aromatic nitrogens is 3. The summed E-state index contributed by atoms with van der Waals surface area (Å²) in [7, 11) is 4.09. The molecule has 0 unspecified atom stereocenters. The van der Waals surface area contributed by atoms with E-state index in [0.29, 0.717) is 18.2 Å². The summed E-state index contributed by atoms with van der Waals surface area (Å²) in [6, 6.07) is 3.97. The standard InChI is InChI=1S/C16H23N5O2/c1-11-9-14(23-19-11)16(22)17-10-12-5-4-8-20(2)15(12)13-6-7-18-21(13)3/h6-7,9,12,15H,4-5,8,10H2,1-3H3,(H,17,22)/t12-,15+/m0/s1. The van der Waals surface area contributed by atoms with E-state index in [-0.39, 0.29) is 17.7 Å². The summed E-state index contributed by atoms with van der Waals surface area (Å²) in [5, 5.41) is 11.0. The second kappa shape index (κ2) is 6.54. The van der Waals surface area contributed by atoms with E-state index in [2.05, 4.69) is 33.6 Å². The highest BCUT2D eigenvalue weighted by molar-refractivity contribution is 5.91. The number of nitrogens with one attached hydrogen (secondary N) is 1. The molecule has 0 aromatic carbocycles. The Morgan fingerprint density at radius 1 is 1.48 bits per heavy atom. The lowest BCUT2D eigenvalue weighted by molar-refractivity contribution is 0.0848. The molecule has 0 radical (unpaired) electrons. The molecular formula is C16H23N5O2. The number of carbonyl (C=O) groups excluding carboxylic acids is 1. The molecule has 2 aromatic rings. The lowest BCUT2D eigenvalue weighted by Crippen LogP contribution is -2.42. The molecule has 1 amide bonds. The second-order valence-electron chi connectivity index (χ2n) is 6.25. The third-order valence-electron chi connectivity index (χ3n) is 4.55. The normalized spacial score (nSPS) is 22.2. The van der Waals surface area contributed by atoms with Crippen molar-refractivity contribution in [1.82, 2.24) is 25.2 Å². The Morgan fingerprint density at radius 3 is 2.96 bits per heavy atom. The molecule has 0 aliphatic carbocycles. The van der Waals surface area contributed by atoms with Gasteiger partial charge in [-0.2, -0.15) is 5.10 Å². The molecule has 0 spiro atoms. The van der Waals surface area contributed by atoms with Crippen LogP contribution >= 0.6 is 0 Å². The molecule has 0 saturated carbocycles. The maximum Gasteiger partial charge on any atom is 0.289 e. The maximum atomic E-state index is 12.2. The zero-order valence-corrected chi connectivity index (χ0v) is 13.8. The van der Waals surface area contributed by atoms with Crippen LogP contribution in [0.15, 0.2) is 22.9 Å². The number of aryl methyl sites for hydroxylation is 2. The van der Waals surface area contributed by atoms with Crippen LogP contribution in [0, 0.1) is 12.8 Å². The third kappa shape index (κ3) is 3.29. The first kappa shape index (κ1) is 15.7. The number of hydrogen-bond donors (Lipinski definition) is 1. The van der Waals surface area contributed by atoms with Crippen molar-refractivity contribution in [1.29, 1.82) is 0 Å². The Morgan fingerprint density at radius 2 is 2.30 bits per heavy atom. The van der Waals surface area contributed by atoms with Crippen LogP contribution in [0.5, 0.6) is 0 Å². The van der Waals surface area contributed by atoms with Gasteiger partial charge in [-0.1, -0.05) is 5.16 Å². The molecule has 1 aliphatic heterocycles. The predicted octanol–water partition coefficient (Wildman–Crippen LogP) is 1.53. The van der Waals surface area contributed by atoms with Crippen LogP contribution in [0.25, 0.3) is 0 Å². The van der Waals surface area contributed by atoms with Crippen LogP contribution in [0.1, 0.15) is 40.8 Å². The lowest BCUT2D eigenvalue weighted by atomic mass is 9.87. The van der Waals surface area contributed by atoms with Gasteiger partial charge in [-0.15, -0.1) is 0 Å². The Bertz CT molecular complexity index is 678. The van der Waals surface area contributed by atoms with Gasteiger partial charge >= 0.3 is 0 Å². The molecule has 1 N–H and O–H groups in total. The van der Waals surface area contributed by atoms with Gasteiger partial charge in [0.15, 0.2) is 0 Å². The van der Waals surface area contributed by atoms with E-state index in [1.165, 1.54) is 5.69 Å². The third-order valence-corrected chi connectivity index (χ3v) is 4.55. The Balaban J connectivity index is 1.69. The quantitative estimate of drug-likeness (QED) is 0.925. The smallest absolute Gasteiger partial charge is 0.289 e. The van der Waals surface area contributed by atoms with Crippen molar-refractivity contribution in [3.63, 3.8) is 0 Å². The number of amides is 1. The highest BCUT2D eigenvalue weighted by atomic mass is 16.5. The van der Waals surface area contributed by atoms with Crippen LogP contribution in [0.3, 0.4) is 0 Å². The molecule has 1 saturated heterocycles. The molecule has 23 heavy (non-hydrogen) atoms. The fourth-order valence-corrected chi connectivity index (χ4v) is 3.40. The summed E-state index contributed by atoms with van der Waals surface area (Å²) in [5.41, 5.74) is 1.89. The molecule has 2 atom stereocenters. The molecule has 7 heteroatoms. The number of piperidine rings is 1.